The van der Waals surface area contributed by atoms with Crippen LogP contribution in [0.4, 0.5) is 14.0 Å². The first kappa shape index (κ1) is 19.5. The lowest BCUT2D eigenvalue weighted by Crippen LogP contribution is -2.40. The number of benzene rings is 1. The molecule has 0 saturated carbocycles. The van der Waals surface area contributed by atoms with Gasteiger partial charge in [0, 0.05) is 17.1 Å². The van der Waals surface area contributed by atoms with E-state index in [0.717, 1.165) is 11.0 Å². The number of aliphatic hydroxyl groups is 1. The van der Waals surface area contributed by atoms with Crippen molar-refractivity contribution in [3.05, 3.63) is 34.1 Å². The number of hydrogen-bond donors (Lipinski definition) is 1. The van der Waals surface area contributed by atoms with Gasteiger partial charge in [0.1, 0.15) is 11.4 Å². The first-order valence-electron chi connectivity index (χ1n) is 7.95. The van der Waals surface area contributed by atoms with Gasteiger partial charge in [0.2, 0.25) is 0 Å². The van der Waals surface area contributed by atoms with E-state index < -0.39 is 29.6 Å². The Morgan fingerprint density at radius 1 is 1.40 bits per heavy atom. The molecule has 3 amide bonds. The summed E-state index contributed by atoms with van der Waals surface area (Å²) in [6, 6.07) is 1.27. The topological polar surface area (TPSA) is 70.1 Å². The van der Waals surface area contributed by atoms with Gasteiger partial charge in [-0.2, -0.15) is 0 Å². The normalized spacial score (nSPS) is 16.4. The molecule has 1 heterocycles. The Hall–Kier alpha value is -1.86. The van der Waals surface area contributed by atoms with Crippen LogP contribution in [0, 0.1) is 5.82 Å². The number of imide groups is 1. The number of hydrogen-bond acceptors (Lipinski definition) is 4. The molecule has 0 bridgehead atoms. The number of ether oxygens (including phenoxy) is 1. The van der Waals surface area contributed by atoms with Crippen molar-refractivity contribution in [2.24, 2.45) is 0 Å². The van der Waals surface area contributed by atoms with Gasteiger partial charge in [-0.3, -0.25) is 0 Å². The first-order chi connectivity index (χ1) is 11.5. The molecule has 1 aliphatic heterocycles. The van der Waals surface area contributed by atoms with Crippen LogP contribution in [0.25, 0.3) is 0 Å². The van der Waals surface area contributed by atoms with E-state index in [4.69, 9.17) is 16.3 Å². The van der Waals surface area contributed by atoms with Crippen molar-refractivity contribution in [2.45, 2.75) is 45.9 Å². The summed E-state index contributed by atoms with van der Waals surface area (Å²) >= 11 is 5.99. The van der Waals surface area contributed by atoms with E-state index in [1.54, 1.807) is 27.7 Å². The van der Waals surface area contributed by atoms with E-state index in [9.17, 15) is 19.1 Å². The summed E-state index contributed by atoms with van der Waals surface area (Å²) in [5, 5.41) is 9.62. The molecule has 8 heteroatoms. The number of halogens is 2. The van der Waals surface area contributed by atoms with Crippen LogP contribution in [-0.2, 0) is 11.3 Å². The zero-order valence-electron chi connectivity index (χ0n) is 14.7. The van der Waals surface area contributed by atoms with E-state index >= 15 is 0 Å². The first-order valence-corrected chi connectivity index (χ1v) is 8.32. The van der Waals surface area contributed by atoms with Crippen LogP contribution in [0.5, 0.6) is 0 Å². The van der Waals surface area contributed by atoms with Crippen LogP contribution in [0.2, 0.25) is 5.02 Å². The second-order valence-electron chi connectivity index (χ2n) is 6.90. The summed E-state index contributed by atoms with van der Waals surface area (Å²) in [5.74, 6) is -0.556. The zero-order chi connectivity index (χ0) is 18.9. The number of rotatable bonds is 3. The quantitative estimate of drug-likeness (QED) is 0.878. The predicted molar refractivity (Wildman–Crippen MR) is 90.8 cm³/mol. The summed E-state index contributed by atoms with van der Waals surface area (Å²) in [7, 11) is 0. The Balaban J connectivity index is 2.24. The smallest absolute Gasteiger partial charge is 0.418 e. The molecule has 1 atom stereocenters. The Bertz CT molecular complexity index is 690. The molecule has 1 saturated heterocycles. The maximum atomic E-state index is 13.7. The lowest BCUT2D eigenvalue weighted by Gasteiger charge is -2.27. The highest BCUT2D eigenvalue weighted by atomic mass is 35.5. The zero-order valence-corrected chi connectivity index (χ0v) is 15.4. The Morgan fingerprint density at radius 2 is 2.04 bits per heavy atom. The fourth-order valence-corrected chi connectivity index (χ4v) is 3.00. The second-order valence-corrected chi connectivity index (χ2v) is 7.30. The molecule has 1 aliphatic rings. The van der Waals surface area contributed by atoms with Crippen LogP contribution in [0.15, 0.2) is 12.1 Å². The molecule has 1 aromatic carbocycles. The molecule has 6 nitrogen and oxygen atoms in total. The van der Waals surface area contributed by atoms with Gasteiger partial charge in [0.25, 0.3) is 0 Å². The average Bonchev–Trinajstić information content (AvgIpc) is 2.85. The van der Waals surface area contributed by atoms with Crippen LogP contribution in [0.1, 0.15) is 44.9 Å². The van der Waals surface area contributed by atoms with E-state index in [-0.39, 0.29) is 24.7 Å². The highest BCUT2D eigenvalue weighted by Crippen LogP contribution is 2.32. The van der Waals surface area contributed by atoms with Crippen molar-refractivity contribution in [1.29, 1.82) is 0 Å². The molecular weight excluding hydrogens is 351 g/mol. The maximum absolute atomic E-state index is 13.7. The van der Waals surface area contributed by atoms with E-state index in [2.05, 4.69) is 0 Å². The summed E-state index contributed by atoms with van der Waals surface area (Å²) < 4.78 is 19.0. The summed E-state index contributed by atoms with van der Waals surface area (Å²) in [4.78, 5) is 27.2. The van der Waals surface area contributed by atoms with Crippen molar-refractivity contribution in [3.63, 3.8) is 0 Å². The molecule has 0 unspecified atom stereocenters. The van der Waals surface area contributed by atoms with Crippen LogP contribution >= 0.6 is 11.6 Å². The van der Waals surface area contributed by atoms with Gasteiger partial charge in [0.05, 0.1) is 19.2 Å². The molecular formula is C17H22ClFN2O4. The fraction of sp³-hybridized carbons (Fsp3) is 0.529. The van der Waals surface area contributed by atoms with Crippen LogP contribution < -0.4 is 0 Å². The minimum atomic E-state index is -0.716. The molecule has 1 fully saturated rings. The number of carbonyl (C=O) groups excluding carboxylic acids is 2. The molecule has 1 aromatic rings. The largest absolute Gasteiger partial charge is 0.443 e. The molecule has 0 aliphatic carbocycles. The summed E-state index contributed by atoms with van der Waals surface area (Å²) in [6.45, 7) is 6.92. The number of aliphatic hydroxyl groups excluding tert-OH is 1. The van der Waals surface area contributed by atoms with Gasteiger partial charge < -0.3 is 14.7 Å². The fourth-order valence-electron chi connectivity index (χ4n) is 2.73. The van der Waals surface area contributed by atoms with Gasteiger partial charge in [-0.15, -0.1) is 0 Å². The molecule has 1 N–H and O–H groups in total. The van der Waals surface area contributed by atoms with Gasteiger partial charge in [0.15, 0.2) is 0 Å². The Morgan fingerprint density at radius 3 is 2.60 bits per heavy atom. The predicted octanol–water partition coefficient (Wildman–Crippen LogP) is 3.71. The summed E-state index contributed by atoms with van der Waals surface area (Å²) in [5.41, 5.74) is 0.0577. The van der Waals surface area contributed by atoms with E-state index in [0.29, 0.717) is 11.1 Å². The minimum absolute atomic E-state index is 0.0972. The van der Waals surface area contributed by atoms with Crippen molar-refractivity contribution in [3.8, 4) is 0 Å². The van der Waals surface area contributed by atoms with Crippen molar-refractivity contribution < 1.29 is 23.8 Å². The van der Waals surface area contributed by atoms with Gasteiger partial charge in [-0.25, -0.2) is 18.9 Å². The van der Waals surface area contributed by atoms with E-state index in [1.165, 1.54) is 11.0 Å². The molecule has 0 radical (unpaired) electrons. The Kier molecular flexibility index (Phi) is 5.58. The van der Waals surface area contributed by atoms with E-state index in [1.807, 2.05) is 0 Å². The van der Waals surface area contributed by atoms with Crippen LogP contribution in [0.3, 0.4) is 0 Å². The average molecular weight is 373 g/mol. The number of amides is 3. The third-order valence-electron chi connectivity index (χ3n) is 3.93. The number of nitrogens with zero attached hydrogens (tertiary/aromatic N) is 2. The highest BCUT2D eigenvalue weighted by Gasteiger charge is 2.39. The van der Waals surface area contributed by atoms with Crippen molar-refractivity contribution >= 4 is 23.7 Å². The highest BCUT2D eigenvalue weighted by molar-refractivity contribution is 6.31. The Labute approximate surface area is 151 Å². The molecule has 138 valence electrons. The molecule has 25 heavy (non-hydrogen) atoms. The summed E-state index contributed by atoms with van der Waals surface area (Å²) in [6.07, 6.45) is -0.716. The standard InChI is InChI=1S/C17H22ClFN2O4/c1-10(12-7-11(19)8-14(18)13(12)9-22)20-5-6-21(15(20)23)16(24)25-17(2,3)4/h7-8,10,22H,5-6,9H2,1-4H3/t10-/m0/s1. The van der Waals surface area contributed by atoms with Gasteiger partial charge >= 0.3 is 12.1 Å². The minimum Gasteiger partial charge on any atom is -0.443 e. The molecule has 0 aromatic heterocycles. The van der Waals surface area contributed by atoms with Crippen LogP contribution in [-0.4, -0.2) is 45.7 Å². The lowest BCUT2D eigenvalue weighted by molar-refractivity contribution is 0.0346. The SMILES string of the molecule is C[C@@H](c1cc(F)cc(Cl)c1CO)N1CCN(C(=O)OC(C)(C)C)C1=O. The van der Waals surface area contributed by atoms with Crippen molar-refractivity contribution in [2.75, 3.05) is 13.1 Å². The van der Waals surface area contributed by atoms with Gasteiger partial charge in [-0.05, 0) is 45.4 Å². The molecule has 0 spiro atoms. The van der Waals surface area contributed by atoms with Gasteiger partial charge in [-0.1, -0.05) is 11.6 Å². The third-order valence-corrected chi connectivity index (χ3v) is 4.26. The maximum Gasteiger partial charge on any atom is 0.418 e. The lowest BCUT2D eigenvalue weighted by atomic mass is 10.0. The van der Waals surface area contributed by atoms with Crippen molar-refractivity contribution in [1.82, 2.24) is 9.80 Å². The number of carbonyl (C=O) groups is 2. The second kappa shape index (κ2) is 7.17. The number of urea groups is 1. The monoisotopic (exact) mass is 372 g/mol. The third kappa shape index (κ3) is 4.22. The molecule has 2 rings (SSSR count).